The van der Waals surface area contributed by atoms with Crippen LogP contribution in [0.15, 0.2) is 30.3 Å². The van der Waals surface area contributed by atoms with Crippen LogP contribution in [0.1, 0.15) is 31.9 Å². The number of benzene rings is 1. The molecule has 1 fully saturated rings. The maximum Gasteiger partial charge on any atom is 0.330 e. The Morgan fingerprint density at radius 3 is 2.29 bits per heavy atom. The van der Waals surface area contributed by atoms with Crippen LogP contribution in [-0.2, 0) is 4.79 Å². The summed E-state index contributed by atoms with van der Waals surface area (Å²) in [6.45, 7) is 5.58. The average Bonchev–Trinajstić information content (AvgIpc) is 2.44. The molecule has 3 atom stereocenters. The highest BCUT2D eigenvalue weighted by Crippen LogP contribution is 2.21. The van der Waals surface area contributed by atoms with Crippen molar-refractivity contribution in [3.8, 4) is 0 Å². The lowest BCUT2D eigenvalue weighted by atomic mass is 9.92. The lowest BCUT2D eigenvalue weighted by molar-refractivity contribution is -0.139. The summed E-state index contributed by atoms with van der Waals surface area (Å²) in [6, 6.07) is 7.46. The van der Waals surface area contributed by atoms with Crippen molar-refractivity contribution in [2.45, 2.75) is 26.3 Å². The first-order valence-electron chi connectivity index (χ1n) is 7.30. The SMILES string of the molecule is CC1CC(C)CN(C(=O)N[C@H](C(=O)O)c2ccccc2)C1. The topological polar surface area (TPSA) is 69.6 Å². The minimum Gasteiger partial charge on any atom is -0.479 e. The van der Waals surface area contributed by atoms with Crippen LogP contribution in [0.3, 0.4) is 0 Å². The molecule has 114 valence electrons. The summed E-state index contributed by atoms with van der Waals surface area (Å²) in [5, 5.41) is 12.0. The minimum absolute atomic E-state index is 0.301. The van der Waals surface area contributed by atoms with Gasteiger partial charge in [0.05, 0.1) is 0 Å². The summed E-state index contributed by atoms with van der Waals surface area (Å²) in [6.07, 6.45) is 1.10. The van der Waals surface area contributed by atoms with E-state index in [1.165, 1.54) is 0 Å². The van der Waals surface area contributed by atoms with Gasteiger partial charge in [-0.1, -0.05) is 44.2 Å². The molecule has 0 aliphatic carbocycles. The Hall–Kier alpha value is -2.04. The Morgan fingerprint density at radius 2 is 1.76 bits per heavy atom. The van der Waals surface area contributed by atoms with Crippen molar-refractivity contribution in [3.63, 3.8) is 0 Å². The number of nitrogens with zero attached hydrogens (tertiary/aromatic N) is 1. The molecule has 1 aromatic carbocycles. The van der Waals surface area contributed by atoms with E-state index in [2.05, 4.69) is 19.2 Å². The zero-order chi connectivity index (χ0) is 15.4. The maximum atomic E-state index is 12.3. The number of piperidine rings is 1. The highest BCUT2D eigenvalue weighted by atomic mass is 16.4. The second-order valence-electron chi connectivity index (χ2n) is 5.98. The summed E-state index contributed by atoms with van der Waals surface area (Å²) in [4.78, 5) is 25.5. The Morgan fingerprint density at radius 1 is 1.19 bits per heavy atom. The van der Waals surface area contributed by atoms with Crippen molar-refractivity contribution in [2.24, 2.45) is 11.8 Å². The van der Waals surface area contributed by atoms with Gasteiger partial charge in [0.2, 0.25) is 0 Å². The fraction of sp³-hybridized carbons (Fsp3) is 0.500. The molecule has 1 aromatic rings. The van der Waals surface area contributed by atoms with Gasteiger partial charge in [0, 0.05) is 13.1 Å². The summed E-state index contributed by atoms with van der Waals surface area (Å²) in [7, 11) is 0. The van der Waals surface area contributed by atoms with Gasteiger partial charge in [0.25, 0.3) is 0 Å². The minimum atomic E-state index is -1.05. The van der Waals surface area contributed by atoms with E-state index in [4.69, 9.17) is 0 Å². The van der Waals surface area contributed by atoms with E-state index >= 15 is 0 Å². The highest BCUT2D eigenvalue weighted by Gasteiger charge is 2.29. The molecule has 0 aromatic heterocycles. The largest absolute Gasteiger partial charge is 0.479 e. The molecule has 0 saturated carbocycles. The van der Waals surface area contributed by atoms with Crippen molar-refractivity contribution in [3.05, 3.63) is 35.9 Å². The van der Waals surface area contributed by atoms with Crippen LogP contribution in [0.5, 0.6) is 0 Å². The van der Waals surface area contributed by atoms with Gasteiger partial charge < -0.3 is 15.3 Å². The monoisotopic (exact) mass is 290 g/mol. The smallest absolute Gasteiger partial charge is 0.330 e. The van der Waals surface area contributed by atoms with Crippen LogP contribution in [0, 0.1) is 11.8 Å². The number of hydrogen-bond acceptors (Lipinski definition) is 2. The summed E-state index contributed by atoms with van der Waals surface area (Å²) in [5.41, 5.74) is 0.580. The second-order valence-corrected chi connectivity index (χ2v) is 5.98. The van der Waals surface area contributed by atoms with Gasteiger partial charge in [-0.15, -0.1) is 0 Å². The molecule has 2 rings (SSSR count). The van der Waals surface area contributed by atoms with E-state index in [0.29, 0.717) is 30.5 Å². The van der Waals surface area contributed by atoms with Gasteiger partial charge in [-0.3, -0.25) is 0 Å². The first-order valence-corrected chi connectivity index (χ1v) is 7.30. The van der Waals surface area contributed by atoms with Gasteiger partial charge in [-0.05, 0) is 23.8 Å². The number of carboxylic acids is 1. The third kappa shape index (κ3) is 3.97. The quantitative estimate of drug-likeness (QED) is 0.898. The predicted octanol–water partition coefficient (Wildman–Crippen LogP) is 2.50. The first kappa shape index (κ1) is 15.4. The maximum absolute atomic E-state index is 12.3. The number of hydrogen-bond donors (Lipinski definition) is 2. The average molecular weight is 290 g/mol. The van der Waals surface area contributed by atoms with Crippen LogP contribution in [0.4, 0.5) is 4.79 Å². The third-order valence-corrected chi connectivity index (χ3v) is 3.80. The number of amides is 2. The van der Waals surface area contributed by atoms with Gasteiger partial charge >= 0.3 is 12.0 Å². The number of rotatable bonds is 3. The van der Waals surface area contributed by atoms with Gasteiger partial charge in [0.1, 0.15) is 0 Å². The fourth-order valence-electron chi connectivity index (χ4n) is 2.98. The normalized spacial score (nSPS) is 23.4. The Balaban J connectivity index is 2.07. The molecule has 0 radical (unpaired) electrons. The summed E-state index contributed by atoms with van der Waals surface area (Å²) < 4.78 is 0. The predicted molar refractivity (Wildman–Crippen MR) is 79.9 cm³/mol. The van der Waals surface area contributed by atoms with Crippen molar-refractivity contribution in [1.29, 1.82) is 0 Å². The highest BCUT2D eigenvalue weighted by molar-refractivity contribution is 5.83. The molecule has 1 heterocycles. The molecule has 1 aliphatic rings. The van der Waals surface area contributed by atoms with Crippen LogP contribution in [-0.4, -0.2) is 35.1 Å². The van der Waals surface area contributed by atoms with E-state index in [0.717, 1.165) is 6.42 Å². The second kappa shape index (κ2) is 6.61. The molecule has 2 unspecified atom stereocenters. The standard InChI is InChI=1S/C16H22N2O3/c1-11-8-12(2)10-18(9-11)16(21)17-14(15(19)20)13-6-4-3-5-7-13/h3-7,11-12,14H,8-10H2,1-2H3,(H,17,21)(H,19,20)/t11?,12?,14-/m0/s1. The molecule has 0 spiro atoms. The molecule has 5 heteroatoms. The van der Waals surface area contributed by atoms with Crippen LogP contribution < -0.4 is 5.32 Å². The zero-order valence-corrected chi connectivity index (χ0v) is 12.5. The molecular formula is C16H22N2O3. The van der Waals surface area contributed by atoms with E-state index in [1.807, 2.05) is 6.07 Å². The summed E-state index contributed by atoms with van der Waals surface area (Å²) in [5.74, 6) is -0.160. The number of carbonyl (C=O) groups is 2. The number of aliphatic carboxylic acids is 1. The van der Waals surface area contributed by atoms with Crippen LogP contribution in [0.2, 0.25) is 0 Å². The lowest BCUT2D eigenvalue weighted by Crippen LogP contribution is -2.49. The first-order chi connectivity index (χ1) is 9.97. The number of nitrogens with one attached hydrogen (secondary N) is 1. The molecule has 1 aliphatic heterocycles. The van der Waals surface area contributed by atoms with Crippen molar-refractivity contribution >= 4 is 12.0 Å². The van der Waals surface area contributed by atoms with E-state index < -0.39 is 12.0 Å². The molecule has 2 amide bonds. The molecule has 0 bridgehead atoms. The number of urea groups is 1. The van der Waals surface area contributed by atoms with E-state index in [9.17, 15) is 14.7 Å². The number of carbonyl (C=O) groups excluding carboxylic acids is 1. The molecule has 5 nitrogen and oxygen atoms in total. The van der Waals surface area contributed by atoms with E-state index in [1.54, 1.807) is 29.2 Å². The third-order valence-electron chi connectivity index (χ3n) is 3.80. The Labute approximate surface area is 125 Å². The molecule has 2 N–H and O–H groups in total. The number of likely N-dealkylation sites (tertiary alicyclic amines) is 1. The molecular weight excluding hydrogens is 268 g/mol. The van der Waals surface area contributed by atoms with Crippen LogP contribution in [0.25, 0.3) is 0 Å². The Kier molecular flexibility index (Phi) is 4.83. The lowest BCUT2D eigenvalue weighted by Gasteiger charge is -2.35. The fourth-order valence-corrected chi connectivity index (χ4v) is 2.98. The number of carboxylic acid groups (broad SMARTS) is 1. The van der Waals surface area contributed by atoms with Gasteiger partial charge in [0.15, 0.2) is 6.04 Å². The van der Waals surface area contributed by atoms with Crippen molar-refractivity contribution < 1.29 is 14.7 Å². The Bertz CT molecular complexity index is 494. The van der Waals surface area contributed by atoms with E-state index in [-0.39, 0.29) is 6.03 Å². The molecule has 1 saturated heterocycles. The van der Waals surface area contributed by atoms with Crippen LogP contribution >= 0.6 is 0 Å². The summed E-state index contributed by atoms with van der Waals surface area (Å²) >= 11 is 0. The van der Waals surface area contributed by atoms with Gasteiger partial charge in [-0.25, -0.2) is 9.59 Å². The van der Waals surface area contributed by atoms with Crippen molar-refractivity contribution in [2.75, 3.05) is 13.1 Å². The molecule has 21 heavy (non-hydrogen) atoms. The van der Waals surface area contributed by atoms with Crippen molar-refractivity contribution in [1.82, 2.24) is 10.2 Å². The zero-order valence-electron chi connectivity index (χ0n) is 12.5. The van der Waals surface area contributed by atoms with Gasteiger partial charge in [-0.2, -0.15) is 0 Å².